The van der Waals surface area contributed by atoms with Crippen LogP contribution in [0.4, 0.5) is 13.2 Å². The second kappa shape index (κ2) is 7.00. The van der Waals surface area contributed by atoms with E-state index in [0.29, 0.717) is 6.42 Å². The molecule has 0 radical (unpaired) electrons. The topological polar surface area (TPSA) is 41.1 Å². The molecule has 22 heavy (non-hydrogen) atoms. The Morgan fingerprint density at radius 1 is 1.41 bits per heavy atom. The van der Waals surface area contributed by atoms with Crippen molar-refractivity contribution in [3.8, 4) is 0 Å². The van der Waals surface area contributed by atoms with Crippen LogP contribution in [-0.4, -0.2) is 24.7 Å². The Balaban J connectivity index is 2.14. The molecule has 1 aliphatic rings. The van der Waals surface area contributed by atoms with Crippen LogP contribution >= 0.6 is 15.9 Å². The molecule has 7 heteroatoms. The highest BCUT2D eigenvalue weighted by Crippen LogP contribution is 2.31. The van der Waals surface area contributed by atoms with Gasteiger partial charge in [0.25, 0.3) is 0 Å². The molecule has 0 fully saturated rings. The number of hydrogen-bond acceptors (Lipinski definition) is 2. The number of carbonyl (C=O) groups is 1. The van der Waals surface area contributed by atoms with Gasteiger partial charge < -0.3 is 10.6 Å². The van der Waals surface area contributed by atoms with Crippen LogP contribution in [0.15, 0.2) is 18.2 Å². The molecule has 0 aromatic heterocycles. The van der Waals surface area contributed by atoms with E-state index in [9.17, 15) is 18.0 Å². The largest absolute Gasteiger partial charge is 0.471 e. The van der Waals surface area contributed by atoms with Crippen LogP contribution < -0.4 is 10.6 Å². The molecular weight excluding hydrogens is 361 g/mol. The summed E-state index contributed by atoms with van der Waals surface area (Å²) in [5, 5.41) is 5.33. The maximum Gasteiger partial charge on any atom is 0.471 e. The quantitative estimate of drug-likeness (QED) is 0.789. The fourth-order valence-electron chi connectivity index (χ4n) is 2.53. The zero-order chi connectivity index (χ0) is 16.3. The molecule has 1 heterocycles. The van der Waals surface area contributed by atoms with Crippen molar-refractivity contribution in [1.82, 2.24) is 10.6 Å². The van der Waals surface area contributed by atoms with Crippen molar-refractivity contribution in [2.45, 2.75) is 43.4 Å². The Hall–Kier alpha value is -1.08. The molecule has 0 saturated carbocycles. The van der Waals surface area contributed by atoms with E-state index >= 15 is 0 Å². The number of nitrogens with one attached hydrogen (secondary N) is 2. The molecule has 3 nitrogen and oxygen atoms in total. The number of fused-ring (bicyclic) bond motifs is 1. The number of carbonyl (C=O) groups excluding carboxylic acids is 1. The molecular formula is C15H18BrF3N2O. The fraction of sp³-hybridized carbons (Fsp3) is 0.533. The average Bonchev–Trinajstić information content (AvgIpc) is 2.50. The molecule has 2 N–H and O–H groups in total. The summed E-state index contributed by atoms with van der Waals surface area (Å²) in [7, 11) is 0. The van der Waals surface area contributed by atoms with E-state index in [4.69, 9.17) is 0 Å². The molecule has 0 bridgehead atoms. The monoisotopic (exact) mass is 378 g/mol. The summed E-state index contributed by atoms with van der Waals surface area (Å²) in [5.74, 6) is -1.90. The second-order valence-corrected chi connectivity index (χ2v) is 6.33. The van der Waals surface area contributed by atoms with Gasteiger partial charge in [0.1, 0.15) is 0 Å². The third-order valence-electron chi connectivity index (χ3n) is 3.80. The van der Waals surface area contributed by atoms with Crippen LogP contribution in [-0.2, 0) is 17.8 Å². The number of alkyl halides is 4. The van der Waals surface area contributed by atoms with Crippen molar-refractivity contribution >= 4 is 21.8 Å². The minimum atomic E-state index is -4.86. The highest BCUT2D eigenvalue weighted by molar-refractivity contribution is 9.09. The van der Waals surface area contributed by atoms with Gasteiger partial charge in [-0.2, -0.15) is 13.2 Å². The summed E-state index contributed by atoms with van der Waals surface area (Å²) < 4.78 is 37.2. The Kier molecular flexibility index (Phi) is 5.50. The number of hydrogen-bond donors (Lipinski definition) is 2. The van der Waals surface area contributed by atoms with Crippen molar-refractivity contribution in [1.29, 1.82) is 0 Å². The molecule has 0 saturated heterocycles. The smallest absolute Gasteiger partial charge is 0.344 e. The van der Waals surface area contributed by atoms with E-state index in [1.54, 1.807) is 6.92 Å². The third-order valence-corrected chi connectivity index (χ3v) is 4.97. The van der Waals surface area contributed by atoms with Crippen LogP contribution in [0, 0.1) is 0 Å². The predicted octanol–water partition coefficient (Wildman–Crippen LogP) is 3.23. The summed E-state index contributed by atoms with van der Waals surface area (Å²) in [5.41, 5.74) is 3.30. The molecule has 0 spiro atoms. The minimum Gasteiger partial charge on any atom is -0.344 e. The lowest BCUT2D eigenvalue weighted by atomic mass is 9.95. The lowest BCUT2D eigenvalue weighted by molar-refractivity contribution is -0.174. The van der Waals surface area contributed by atoms with Crippen LogP contribution in [0.25, 0.3) is 0 Å². The van der Waals surface area contributed by atoms with Crippen LogP contribution in [0.5, 0.6) is 0 Å². The summed E-state index contributed by atoms with van der Waals surface area (Å²) in [6.45, 7) is 3.45. The van der Waals surface area contributed by atoms with Crippen molar-refractivity contribution < 1.29 is 18.0 Å². The van der Waals surface area contributed by atoms with E-state index in [0.717, 1.165) is 25.1 Å². The van der Waals surface area contributed by atoms with E-state index in [1.807, 2.05) is 18.2 Å². The van der Waals surface area contributed by atoms with Crippen LogP contribution in [0.2, 0.25) is 0 Å². The van der Waals surface area contributed by atoms with Crippen molar-refractivity contribution in [3.05, 3.63) is 34.9 Å². The van der Waals surface area contributed by atoms with Gasteiger partial charge in [0.15, 0.2) is 0 Å². The Morgan fingerprint density at radius 3 is 2.77 bits per heavy atom. The molecule has 0 aliphatic carbocycles. The third kappa shape index (κ3) is 4.01. The summed E-state index contributed by atoms with van der Waals surface area (Å²) in [6.07, 6.45) is -3.56. The van der Waals surface area contributed by atoms with Gasteiger partial charge in [-0.25, -0.2) is 0 Å². The van der Waals surface area contributed by atoms with E-state index in [-0.39, 0.29) is 4.83 Å². The van der Waals surface area contributed by atoms with Gasteiger partial charge in [-0.05, 0) is 36.1 Å². The zero-order valence-electron chi connectivity index (χ0n) is 12.1. The highest BCUT2D eigenvalue weighted by atomic mass is 79.9. The summed E-state index contributed by atoms with van der Waals surface area (Å²) >= 11 is 3.44. The van der Waals surface area contributed by atoms with Crippen molar-refractivity contribution in [3.63, 3.8) is 0 Å². The van der Waals surface area contributed by atoms with Gasteiger partial charge in [0.05, 0.1) is 4.83 Å². The SMILES string of the molecule is CCC(NC(=O)C(F)(F)F)C(Br)c1ccc2c(c1)CCNC2. The van der Waals surface area contributed by atoms with Crippen molar-refractivity contribution in [2.75, 3.05) is 6.54 Å². The van der Waals surface area contributed by atoms with Gasteiger partial charge in [-0.15, -0.1) is 0 Å². The molecule has 122 valence electrons. The van der Waals surface area contributed by atoms with Gasteiger partial charge >= 0.3 is 12.1 Å². The Bertz CT molecular complexity index is 548. The standard InChI is InChI=1S/C15H18BrF3N2O/c1-2-12(21-14(22)15(17,18)19)13(16)10-3-4-11-8-20-6-5-9(11)7-10/h3-4,7,12-13,20H,2,5-6,8H2,1H3,(H,21,22). The van der Waals surface area contributed by atoms with Crippen LogP contribution in [0.1, 0.15) is 34.9 Å². The lowest BCUT2D eigenvalue weighted by Crippen LogP contribution is -2.44. The highest BCUT2D eigenvalue weighted by Gasteiger charge is 2.40. The lowest BCUT2D eigenvalue weighted by Gasteiger charge is -2.25. The first-order chi connectivity index (χ1) is 10.3. The van der Waals surface area contributed by atoms with E-state index < -0.39 is 18.1 Å². The van der Waals surface area contributed by atoms with Gasteiger partial charge in [-0.1, -0.05) is 41.1 Å². The molecule has 2 rings (SSSR count). The number of rotatable bonds is 4. The Morgan fingerprint density at radius 2 is 2.14 bits per heavy atom. The molecule has 2 unspecified atom stereocenters. The zero-order valence-corrected chi connectivity index (χ0v) is 13.7. The number of benzene rings is 1. The van der Waals surface area contributed by atoms with Crippen LogP contribution in [0.3, 0.4) is 0 Å². The summed E-state index contributed by atoms with van der Waals surface area (Å²) in [4.78, 5) is 10.8. The summed E-state index contributed by atoms with van der Waals surface area (Å²) in [6, 6.07) is 5.28. The van der Waals surface area contributed by atoms with Gasteiger partial charge in [-0.3, -0.25) is 4.79 Å². The van der Waals surface area contributed by atoms with E-state index in [2.05, 4.69) is 26.6 Å². The molecule has 1 aromatic rings. The van der Waals surface area contributed by atoms with Gasteiger partial charge in [0.2, 0.25) is 0 Å². The predicted molar refractivity (Wildman–Crippen MR) is 81.8 cm³/mol. The molecule has 1 aliphatic heterocycles. The number of amides is 1. The molecule has 1 aromatic carbocycles. The molecule has 1 amide bonds. The Labute approximate surface area is 135 Å². The fourth-order valence-corrected chi connectivity index (χ4v) is 3.32. The first kappa shape index (κ1) is 17.3. The molecule has 2 atom stereocenters. The minimum absolute atomic E-state index is 0.357. The average molecular weight is 379 g/mol. The first-order valence-corrected chi connectivity index (χ1v) is 8.08. The van der Waals surface area contributed by atoms with E-state index in [1.165, 1.54) is 11.1 Å². The van der Waals surface area contributed by atoms with Gasteiger partial charge in [0, 0.05) is 12.6 Å². The normalized spacial score (nSPS) is 17.5. The first-order valence-electron chi connectivity index (χ1n) is 7.17. The number of halogens is 4. The van der Waals surface area contributed by atoms with Crippen molar-refractivity contribution in [2.24, 2.45) is 0 Å². The maximum absolute atomic E-state index is 12.4. The maximum atomic E-state index is 12.4. The second-order valence-electron chi connectivity index (χ2n) is 5.34.